The third kappa shape index (κ3) is 3.84. The molecule has 98 valence electrons. The van der Waals surface area contributed by atoms with Crippen LogP contribution >= 0.6 is 11.3 Å². The number of aryl methyl sites for hydroxylation is 1. The number of likely N-dealkylation sites (tertiary alicyclic amines) is 1. The van der Waals surface area contributed by atoms with Crippen LogP contribution in [-0.4, -0.2) is 36.3 Å². The van der Waals surface area contributed by atoms with E-state index in [0.717, 1.165) is 32.4 Å². The molecule has 2 amide bonds. The van der Waals surface area contributed by atoms with Crippen molar-refractivity contribution in [3.05, 3.63) is 22.4 Å². The Kier molecular flexibility index (Phi) is 4.75. The lowest BCUT2D eigenvalue weighted by Crippen LogP contribution is -2.38. The number of hydrogen-bond acceptors (Lipinski definition) is 3. The molecule has 1 aromatic heterocycles. The lowest BCUT2D eigenvalue weighted by Gasteiger charge is -2.15. The van der Waals surface area contributed by atoms with E-state index in [-0.39, 0.29) is 18.4 Å². The van der Waals surface area contributed by atoms with Crippen molar-refractivity contribution in [3.63, 3.8) is 0 Å². The van der Waals surface area contributed by atoms with Gasteiger partial charge in [-0.2, -0.15) is 0 Å². The Morgan fingerprint density at radius 2 is 2.11 bits per heavy atom. The topological polar surface area (TPSA) is 49.4 Å². The SMILES string of the molecule is O=C(CCc1cccs1)NCC(=O)N1CCCC1. The van der Waals surface area contributed by atoms with E-state index in [1.54, 1.807) is 11.3 Å². The van der Waals surface area contributed by atoms with Crippen LogP contribution in [0.15, 0.2) is 17.5 Å². The number of thiophene rings is 1. The molecule has 2 heterocycles. The van der Waals surface area contributed by atoms with Crippen molar-refractivity contribution in [2.45, 2.75) is 25.7 Å². The second kappa shape index (κ2) is 6.54. The summed E-state index contributed by atoms with van der Waals surface area (Å²) in [7, 11) is 0. The van der Waals surface area contributed by atoms with Gasteiger partial charge in [-0.3, -0.25) is 9.59 Å². The van der Waals surface area contributed by atoms with Crippen molar-refractivity contribution in [1.82, 2.24) is 10.2 Å². The molecule has 0 unspecified atom stereocenters. The van der Waals surface area contributed by atoms with Crippen molar-refractivity contribution in [2.75, 3.05) is 19.6 Å². The van der Waals surface area contributed by atoms with Gasteiger partial charge in [0.05, 0.1) is 6.54 Å². The number of hydrogen-bond donors (Lipinski definition) is 1. The zero-order chi connectivity index (χ0) is 12.8. The maximum atomic E-state index is 11.7. The fraction of sp³-hybridized carbons (Fsp3) is 0.538. The third-order valence-electron chi connectivity index (χ3n) is 3.07. The first kappa shape index (κ1) is 13.1. The number of carbonyl (C=O) groups excluding carboxylic acids is 2. The lowest BCUT2D eigenvalue weighted by atomic mass is 10.2. The maximum Gasteiger partial charge on any atom is 0.241 e. The Bertz CT molecular complexity index is 397. The Balaban J connectivity index is 1.63. The first-order valence-corrected chi connectivity index (χ1v) is 7.20. The van der Waals surface area contributed by atoms with E-state index >= 15 is 0 Å². The summed E-state index contributed by atoms with van der Waals surface area (Å²) in [6, 6.07) is 4.00. The van der Waals surface area contributed by atoms with Crippen molar-refractivity contribution < 1.29 is 9.59 Å². The molecule has 1 aliphatic rings. The van der Waals surface area contributed by atoms with Gasteiger partial charge in [-0.05, 0) is 30.7 Å². The normalized spacial score (nSPS) is 14.8. The second-order valence-corrected chi connectivity index (χ2v) is 5.48. The van der Waals surface area contributed by atoms with E-state index in [9.17, 15) is 9.59 Å². The van der Waals surface area contributed by atoms with Crippen molar-refractivity contribution >= 4 is 23.2 Å². The molecule has 2 rings (SSSR count). The van der Waals surface area contributed by atoms with Gasteiger partial charge < -0.3 is 10.2 Å². The number of nitrogens with zero attached hydrogens (tertiary/aromatic N) is 1. The van der Waals surface area contributed by atoms with Crippen LogP contribution in [0.3, 0.4) is 0 Å². The van der Waals surface area contributed by atoms with Crippen LogP contribution in [0.25, 0.3) is 0 Å². The number of nitrogens with one attached hydrogen (secondary N) is 1. The molecule has 0 radical (unpaired) electrons. The molecule has 1 N–H and O–H groups in total. The maximum absolute atomic E-state index is 11.7. The van der Waals surface area contributed by atoms with Gasteiger partial charge in [-0.1, -0.05) is 6.07 Å². The fourth-order valence-corrected chi connectivity index (χ4v) is 2.74. The molecule has 5 heteroatoms. The highest BCUT2D eigenvalue weighted by Crippen LogP contribution is 2.10. The molecule has 0 spiro atoms. The molecule has 4 nitrogen and oxygen atoms in total. The molecule has 0 bridgehead atoms. The first-order chi connectivity index (χ1) is 8.75. The van der Waals surface area contributed by atoms with Crippen LogP contribution in [0, 0.1) is 0 Å². The van der Waals surface area contributed by atoms with Gasteiger partial charge in [-0.25, -0.2) is 0 Å². The summed E-state index contributed by atoms with van der Waals surface area (Å²) < 4.78 is 0. The van der Waals surface area contributed by atoms with E-state index in [1.165, 1.54) is 4.88 Å². The highest BCUT2D eigenvalue weighted by Gasteiger charge is 2.17. The number of amides is 2. The zero-order valence-corrected chi connectivity index (χ0v) is 11.2. The van der Waals surface area contributed by atoms with Gasteiger partial charge in [-0.15, -0.1) is 11.3 Å². The standard InChI is InChI=1S/C13H18N2O2S/c16-12(6-5-11-4-3-9-18-11)14-10-13(17)15-7-1-2-8-15/h3-4,9H,1-2,5-8,10H2,(H,14,16). The predicted molar refractivity (Wildman–Crippen MR) is 71.5 cm³/mol. The average molecular weight is 266 g/mol. The minimum Gasteiger partial charge on any atom is -0.347 e. The van der Waals surface area contributed by atoms with Gasteiger partial charge in [0.1, 0.15) is 0 Å². The van der Waals surface area contributed by atoms with Crippen LogP contribution in [0.4, 0.5) is 0 Å². The smallest absolute Gasteiger partial charge is 0.241 e. The van der Waals surface area contributed by atoms with Crippen molar-refractivity contribution in [1.29, 1.82) is 0 Å². The molecular formula is C13H18N2O2S. The van der Waals surface area contributed by atoms with Gasteiger partial charge >= 0.3 is 0 Å². The second-order valence-electron chi connectivity index (χ2n) is 4.44. The average Bonchev–Trinajstić information content (AvgIpc) is 3.05. The Labute approximate surface area is 111 Å². The number of carbonyl (C=O) groups is 2. The largest absolute Gasteiger partial charge is 0.347 e. The summed E-state index contributed by atoms with van der Waals surface area (Å²) in [5.74, 6) is -0.00656. The van der Waals surface area contributed by atoms with E-state index in [2.05, 4.69) is 5.32 Å². The van der Waals surface area contributed by atoms with Gasteiger partial charge in [0.15, 0.2) is 0 Å². The minimum atomic E-state index is -0.0454. The van der Waals surface area contributed by atoms with Crippen LogP contribution in [0.1, 0.15) is 24.1 Å². The summed E-state index contributed by atoms with van der Waals surface area (Å²) in [6.07, 6.45) is 3.37. The molecule has 1 aliphatic heterocycles. The minimum absolute atomic E-state index is 0.0389. The van der Waals surface area contributed by atoms with Crippen LogP contribution < -0.4 is 5.32 Å². The number of rotatable bonds is 5. The lowest BCUT2D eigenvalue weighted by molar-refractivity contribution is -0.132. The summed E-state index contributed by atoms with van der Waals surface area (Å²) in [4.78, 5) is 26.3. The first-order valence-electron chi connectivity index (χ1n) is 6.32. The molecule has 18 heavy (non-hydrogen) atoms. The summed E-state index contributed by atoms with van der Waals surface area (Å²) in [5.41, 5.74) is 0. The zero-order valence-electron chi connectivity index (χ0n) is 10.4. The van der Waals surface area contributed by atoms with Crippen molar-refractivity contribution in [2.24, 2.45) is 0 Å². The third-order valence-corrected chi connectivity index (χ3v) is 4.01. The Morgan fingerprint density at radius 1 is 1.33 bits per heavy atom. The highest BCUT2D eigenvalue weighted by molar-refractivity contribution is 7.09. The van der Waals surface area contributed by atoms with Crippen LogP contribution in [0.2, 0.25) is 0 Å². The van der Waals surface area contributed by atoms with Crippen LogP contribution in [0.5, 0.6) is 0 Å². The Hall–Kier alpha value is -1.36. The molecule has 1 saturated heterocycles. The molecule has 0 aromatic carbocycles. The highest BCUT2D eigenvalue weighted by atomic mass is 32.1. The molecular weight excluding hydrogens is 248 g/mol. The Morgan fingerprint density at radius 3 is 2.78 bits per heavy atom. The molecule has 0 saturated carbocycles. The summed E-state index contributed by atoms with van der Waals surface area (Å²) in [5, 5.41) is 4.70. The van der Waals surface area contributed by atoms with Gasteiger partial charge in [0.25, 0.3) is 0 Å². The van der Waals surface area contributed by atoms with E-state index in [1.807, 2.05) is 22.4 Å². The predicted octanol–water partition coefficient (Wildman–Crippen LogP) is 1.42. The van der Waals surface area contributed by atoms with Crippen LogP contribution in [-0.2, 0) is 16.0 Å². The van der Waals surface area contributed by atoms with Gasteiger partial charge in [0.2, 0.25) is 11.8 Å². The monoisotopic (exact) mass is 266 g/mol. The van der Waals surface area contributed by atoms with E-state index in [0.29, 0.717) is 6.42 Å². The summed E-state index contributed by atoms with van der Waals surface area (Å²) in [6.45, 7) is 1.82. The van der Waals surface area contributed by atoms with E-state index < -0.39 is 0 Å². The van der Waals surface area contributed by atoms with Crippen molar-refractivity contribution in [3.8, 4) is 0 Å². The summed E-state index contributed by atoms with van der Waals surface area (Å²) >= 11 is 1.65. The quantitative estimate of drug-likeness (QED) is 0.876. The van der Waals surface area contributed by atoms with E-state index in [4.69, 9.17) is 0 Å². The molecule has 0 aliphatic carbocycles. The molecule has 1 aromatic rings. The van der Waals surface area contributed by atoms with Gasteiger partial charge in [0, 0.05) is 24.4 Å². The molecule has 1 fully saturated rings. The fourth-order valence-electron chi connectivity index (χ4n) is 2.03. The molecule has 0 atom stereocenters.